The predicted molar refractivity (Wildman–Crippen MR) is 112 cm³/mol. The van der Waals surface area contributed by atoms with Crippen LogP contribution in [0.3, 0.4) is 0 Å². The van der Waals surface area contributed by atoms with Crippen molar-refractivity contribution in [2.45, 2.75) is 64.7 Å². The smallest absolute Gasteiger partial charge is 0.238 e. The van der Waals surface area contributed by atoms with E-state index in [1.165, 1.54) is 38.5 Å². The van der Waals surface area contributed by atoms with E-state index in [-0.39, 0.29) is 17.2 Å². The quantitative estimate of drug-likeness (QED) is 0.503. The van der Waals surface area contributed by atoms with Crippen LogP contribution in [-0.4, -0.2) is 18.4 Å². The average Bonchev–Trinajstić information content (AvgIpc) is 2.65. The lowest BCUT2D eigenvalue weighted by Crippen LogP contribution is -2.50. The van der Waals surface area contributed by atoms with Gasteiger partial charge >= 0.3 is 0 Å². The van der Waals surface area contributed by atoms with Crippen molar-refractivity contribution in [3.8, 4) is 5.75 Å². The van der Waals surface area contributed by atoms with E-state index in [1.807, 2.05) is 19.1 Å². The third-order valence-electron chi connectivity index (χ3n) is 6.99. The third-order valence-corrected chi connectivity index (χ3v) is 7.41. The van der Waals surface area contributed by atoms with Crippen LogP contribution in [0.2, 0.25) is 5.02 Å². The highest BCUT2D eigenvalue weighted by Gasteiger charge is 2.51. The maximum atomic E-state index is 12.4. The predicted octanol–water partition coefficient (Wildman–Crippen LogP) is 4.56. The van der Waals surface area contributed by atoms with Gasteiger partial charge in [-0.3, -0.25) is 20.4 Å². The first-order chi connectivity index (χ1) is 13.9. The fraction of sp³-hybridized carbons (Fsp3) is 0.652. The topological polar surface area (TPSA) is 67.4 Å². The average molecular weight is 419 g/mol. The highest BCUT2D eigenvalue weighted by molar-refractivity contribution is 6.31. The fourth-order valence-corrected chi connectivity index (χ4v) is 6.34. The number of hydrazine groups is 1. The van der Waals surface area contributed by atoms with Crippen LogP contribution in [0, 0.1) is 30.1 Å². The van der Waals surface area contributed by atoms with Gasteiger partial charge in [0.2, 0.25) is 11.8 Å². The van der Waals surface area contributed by atoms with Crippen molar-refractivity contribution in [2.75, 3.05) is 6.61 Å². The maximum absolute atomic E-state index is 12.4. The van der Waals surface area contributed by atoms with Gasteiger partial charge < -0.3 is 4.74 Å². The zero-order valence-corrected chi connectivity index (χ0v) is 17.9. The summed E-state index contributed by atoms with van der Waals surface area (Å²) in [7, 11) is 0. The summed E-state index contributed by atoms with van der Waals surface area (Å²) in [5.41, 5.74) is 6.35. The van der Waals surface area contributed by atoms with Crippen molar-refractivity contribution in [1.82, 2.24) is 10.9 Å². The molecular formula is C23H31ClN2O3. The SMILES string of the molecule is Cc1cc(OCCCC(=O)NNC(=O)CC23CC4CC(CC(C4)C2)C3)ccc1Cl. The fourth-order valence-electron chi connectivity index (χ4n) is 6.22. The van der Waals surface area contributed by atoms with E-state index in [2.05, 4.69) is 10.9 Å². The summed E-state index contributed by atoms with van der Waals surface area (Å²) in [6, 6.07) is 5.51. The molecule has 0 aliphatic heterocycles. The minimum atomic E-state index is -0.181. The van der Waals surface area contributed by atoms with Crippen LogP contribution in [-0.2, 0) is 9.59 Å². The molecule has 0 aromatic heterocycles. The van der Waals surface area contributed by atoms with Crippen LogP contribution in [0.15, 0.2) is 18.2 Å². The normalized spacial score (nSPS) is 29.5. The van der Waals surface area contributed by atoms with Crippen molar-refractivity contribution < 1.29 is 14.3 Å². The van der Waals surface area contributed by atoms with Gasteiger partial charge in [0.1, 0.15) is 5.75 Å². The lowest BCUT2D eigenvalue weighted by Gasteiger charge is -2.56. The van der Waals surface area contributed by atoms with Crippen LogP contribution >= 0.6 is 11.6 Å². The minimum Gasteiger partial charge on any atom is -0.494 e. The first-order valence-corrected chi connectivity index (χ1v) is 11.3. The molecule has 0 heterocycles. The van der Waals surface area contributed by atoms with E-state index >= 15 is 0 Å². The molecule has 5 rings (SSSR count). The van der Waals surface area contributed by atoms with Crippen LogP contribution in [0.25, 0.3) is 0 Å². The lowest BCUT2D eigenvalue weighted by molar-refractivity contribution is -0.134. The number of ether oxygens (including phenoxy) is 1. The molecule has 0 saturated heterocycles. The first-order valence-electron chi connectivity index (χ1n) is 10.9. The maximum Gasteiger partial charge on any atom is 0.238 e. The van der Waals surface area contributed by atoms with Gasteiger partial charge in [0, 0.05) is 17.9 Å². The number of aryl methyl sites for hydroxylation is 1. The Kier molecular flexibility index (Phi) is 6.05. The molecule has 29 heavy (non-hydrogen) atoms. The van der Waals surface area contributed by atoms with E-state index in [4.69, 9.17) is 16.3 Å². The highest BCUT2D eigenvalue weighted by atomic mass is 35.5. The number of carbonyl (C=O) groups is 2. The number of amides is 2. The van der Waals surface area contributed by atoms with Gasteiger partial charge in [-0.05, 0) is 98.8 Å². The molecule has 2 amide bonds. The van der Waals surface area contributed by atoms with Crippen LogP contribution in [0.4, 0.5) is 0 Å². The summed E-state index contributed by atoms with van der Waals surface area (Å²) in [5.74, 6) is 3.00. The van der Waals surface area contributed by atoms with Crippen LogP contribution in [0.1, 0.15) is 63.4 Å². The Morgan fingerprint density at radius 2 is 1.69 bits per heavy atom. The van der Waals surface area contributed by atoms with Gasteiger partial charge in [-0.1, -0.05) is 11.6 Å². The number of carbonyl (C=O) groups excluding carboxylic acids is 2. The number of hydrogen-bond acceptors (Lipinski definition) is 3. The van der Waals surface area contributed by atoms with Crippen molar-refractivity contribution >= 4 is 23.4 Å². The van der Waals surface area contributed by atoms with Crippen molar-refractivity contribution in [3.63, 3.8) is 0 Å². The van der Waals surface area contributed by atoms with Crippen molar-refractivity contribution in [2.24, 2.45) is 23.2 Å². The van der Waals surface area contributed by atoms with Crippen molar-refractivity contribution in [3.05, 3.63) is 28.8 Å². The van der Waals surface area contributed by atoms with E-state index in [0.29, 0.717) is 30.9 Å². The van der Waals surface area contributed by atoms with Crippen LogP contribution in [0.5, 0.6) is 5.75 Å². The molecular weight excluding hydrogens is 388 g/mol. The Hall–Kier alpha value is -1.75. The monoisotopic (exact) mass is 418 g/mol. The molecule has 4 aliphatic carbocycles. The zero-order valence-electron chi connectivity index (χ0n) is 17.1. The Morgan fingerprint density at radius 1 is 1.07 bits per heavy atom. The first kappa shape index (κ1) is 20.5. The van der Waals surface area contributed by atoms with E-state index in [0.717, 1.165) is 29.1 Å². The molecule has 158 valence electrons. The summed E-state index contributed by atoms with van der Waals surface area (Å²) in [6.45, 7) is 2.37. The Labute approximate surface area is 177 Å². The van der Waals surface area contributed by atoms with Gasteiger partial charge in [-0.15, -0.1) is 0 Å². The highest BCUT2D eigenvalue weighted by Crippen LogP contribution is 2.61. The summed E-state index contributed by atoms with van der Waals surface area (Å²) in [5, 5.41) is 0.709. The molecule has 0 atom stereocenters. The number of benzene rings is 1. The largest absolute Gasteiger partial charge is 0.494 e. The molecule has 2 N–H and O–H groups in total. The third kappa shape index (κ3) is 5.06. The molecule has 4 fully saturated rings. The van der Waals surface area contributed by atoms with Gasteiger partial charge in [0.15, 0.2) is 0 Å². The van der Waals surface area contributed by atoms with Gasteiger partial charge in [-0.2, -0.15) is 0 Å². The molecule has 4 bridgehead atoms. The second kappa shape index (κ2) is 8.55. The Bertz CT molecular complexity index is 744. The molecule has 1 aromatic rings. The molecule has 4 saturated carbocycles. The van der Waals surface area contributed by atoms with Crippen molar-refractivity contribution in [1.29, 1.82) is 0 Å². The minimum absolute atomic E-state index is 0.0480. The summed E-state index contributed by atoms with van der Waals surface area (Å²) < 4.78 is 5.65. The number of nitrogens with one attached hydrogen (secondary N) is 2. The summed E-state index contributed by atoms with van der Waals surface area (Å²) in [6.07, 6.45) is 9.14. The lowest BCUT2D eigenvalue weighted by atomic mass is 9.49. The van der Waals surface area contributed by atoms with Gasteiger partial charge in [-0.25, -0.2) is 0 Å². The molecule has 6 heteroatoms. The van der Waals surface area contributed by atoms with Gasteiger partial charge in [0.25, 0.3) is 0 Å². The summed E-state index contributed by atoms with van der Waals surface area (Å²) >= 11 is 6.00. The number of hydrogen-bond donors (Lipinski definition) is 2. The van der Waals surface area contributed by atoms with E-state index in [1.54, 1.807) is 6.07 Å². The molecule has 0 spiro atoms. The standard InChI is InChI=1S/C23H31ClN2O3/c1-15-7-19(4-5-20(15)24)29-6-2-3-21(27)25-26-22(28)14-23-11-16-8-17(12-23)10-18(9-16)13-23/h4-5,7,16-18H,2-3,6,8-14H2,1H3,(H,25,27)(H,26,28). The molecule has 0 radical (unpaired) electrons. The molecule has 0 unspecified atom stereocenters. The molecule has 4 aliphatic rings. The second-order valence-electron chi connectivity index (χ2n) is 9.55. The second-order valence-corrected chi connectivity index (χ2v) is 9.96. The van der Waals surface area contributed by atoms with E-state index < -0.39 is 0 Å². The summed E-state index contributed by atoms with van der Waals surface area (Å²) in [4.78, 5) is 24.5. The van der Waals surface area contributed by atoms with E-state index in [9.17, 15) is 9.59 Å². The number of halogens is 1. The molecule has 5 nitrogen and oxygen atoms in total. The van der Waals surface area contributed by atoms with Crippen LogP contribution < -0.4 is 15.6 Å². The van der Waals surface area contributed by atoms with Gasteiger partial charge in [0.05, 0.1) is 6.61 Å². The molecule has 1 aromatic carbocycles. The Morgan fingerprint density at radius 3 is 2.31 bits per heavy atom. The Balaban J connectivity index is 1.13. The zero-order chi connectivity index (χ0) is 20.4. The number of rotatable bonds is 7.